The molecule has 2 fully saturated rings. The first-order chi connectivity index (χ1) is 13.3. The minimum Gasteiger partial charge on any atom is -0.385 e. The molecule has 2 aliphatic heterocycles. The first-order valence-corrected chi connectivity index (χ1v) is 9.16. The van der Waals surface area contributed by atoms with Crippen LogP contribution in [-0.4, -0.2) is 33.1 Å². The van der Waals surface area contributed by atoms with Crippen LogP contribution in [0.25, 0.3) is 0 Å². The van der Waals surface area contributed by atoms with Crippen LogP contribution in [0.5, 0.6) is 0 Å². The maximum absolute atomic E-state index is 13.2. The highest BCUT2D eigenvalue weighted by Gasteiger charge is 2.50. The summed E-state index contributed by atoms with van der Waals surface area (Å²) in [6.45, 7) is 0. The minimum atomic E-state index is -4.55. The van der Waals surface area contributed by atoms with Crippen LogP contribution in [0.2, 0.25) is 0 Å². The van der Waals surface area contributed by atoms with Crippen molar-refractivity contribution < 1.29 is 23.1 Å². The quantitative estimate of drug-likeness (QED) is 0.809. The maximum atomic E-state index is 13.2. The molecule has 1 aromatic heterocycles. The molecule has 2 N–H and O–H groups in total. The second kappa shape index (κ2) is 6.77. The van der Waals surface area contributed by atoms with E-state index >= 15 is 0 Å². The van der Waals surface area contributed by atoms with Crippen LogP contribution in [0.1, 0.15) is 36.8 Å². The Morgan fingerprint density at radius 3 is 2.43 bits per heavy atom. The number of hydrogen-bond donors (Lipinski definition) is 2. The second-order valence-corrected chi connectivity index (χ2v) is 7.45. The number of nitrogens with one attached hydrogen (secondary N) is 1. The van der Waals surface area contributed by atoms with Gasteiger partial charge in [-0.05, 0) is 31.0 Å². The van der Waals surface area contributed by atoms with Crippen molar-refractivity contribution in [2.75, 3.05) is 5.32 Å². The lowest BCUT2D eigenvalue weighted by atomic mass is 9.81. The average Bonchev–Trinajstić information content (AvgIpc) is 2.94. The summed E-state index contributed by atoms with van der Waals surface area (Å²) < 4.78 is 39.6. The number of alkyl halides is 3. The van der Waals surface area contributed by atoms with E-state index < -0.39 is 23.4 Å². The predicted molar refractivity (Wildman–Crippen MR) is 96.5 cm³/mol. The molecule has 2 aromatic rings. The Hall–Kier alpha value is -2.61. The number of carbonyl (C=O) groups is 1. The number of aromatic nitrogens is 1. The smallest absolute Gasteiger partial charge is 0.385 e. The molecular weight excluding hydrogens is 371 g/mol. The van der Waals surface area contributed by atoms with Crippen LogP contribution < -0.4 is 5.32 Å². The molecule has 3 heterocycles. The van der Waals surface area contributed by atoms with Gasteiger partial charge in [-0.3, -0.25) is 4.98 Å². The monoisotopic (exact) mass is 391 g/mol. The molecule has 0 aliphatic carbocycles. The fourth-order valence-electron chi connectivity index (χ4n) is 4.45. The fraction of sp³-hybridized carbons (Fsp3) is 0.400. The topological polar surface area (TPSA) is 65.5 Å². The van der Waals surface area contributed by atoms with Gasteiger partial charge in [0.2, 0.25) is 0 Å². The number of anilines is 1. The number of para-hydroxylation sites is 1. The van der Waals surface area contributed by atoms with Crippen molar-refractivity contribution in [3.63, 3.8) is 0 Å². The van der Waals surface area contributed by atoms with Crippen LogP contribution in [0.3, 0.4) is 0 Å². The Bertz CT molecular complexity index is 858. The lowest BCUT2D eigenvalue weighted by Crippen LogP contribution is -2.53. The highest BCUT2D eigenvalue weighted by molar-refractivity contribution is 5.91. The lowest BCUT2D eigenvalue weighted by molar-refractivity contribution is -0.136. The van der Waals surface area contributed by atoms with Gasteiger partial charge in [0.05, 0.1) is 16.9 Å². The molecule has 2 saturated heterocycles. The summed E-state index contributed by atoms with van der Waals surface area (Å²) in [6, 6.07) is 7.47. The third-order valence-corrected chi connectivity index (χ3v) is 5.67. The highest BCUT2D eigenvalue weighted by Crippen LogP contribution is 2.46. The summed E-state index contributed by atoms with van der Waals surface area (Å²) in [5.74, 6) is 0. The van der Waals surface area contributed by atoms with Crippen molar-refractivity contribution in [3.05, 3.63) is 59.9 Å². The van der Waals surface area contributed by atoms with E-state index in [1.165, 1.54) is 18.2 Å². The largest absolute Gasteiger partial charge is 0.418 e. The van der Waals surface area contributed by atoms with Gasteiger partial charge in [-0.15, -0.1) is 0 Å². The van der Waals surface area contributed by atoms with Crippen molar-refractivity contribution in [2.24, 2.45) is 0 Å². The van der Waals surface area contributed by atoms with E-state index in [9.17, 15) is 23.1 Å². The molecule has 0 spiro atoms. The summed E-state index contributed by atoms with van der Waals surface area (Å²) in [4.78, 5) is 18.5. The summed E-state index contributed by atoms with van der Waals surface area (Å²) in [5, 5.41) is 13.5. The van der Waals surface area contributed by atoms with E-state index in [2.05, 4.69) is 10.3 Å². The summed E-state index contributed by atoms with van der Waals surface area (Å²) >= 11 is 0. The van der Waals surface area contributed by atoms with Crippen LogP contribution in [0.15, 0.2) is 48.8 Å². The number of urea groups is 1. The molecule has 8 heteroatoms. The number of pyridine rings is 1. The van der Waals surface area contributed by atoms with Crippen molar-refractivity contribution in [1.29, 1.82) is 0 Å². The Morgan fingerprint density at radius 1 is 1.14 bits per heavy atom. The van der Waals surface area contributed by atoms with E-state index in [0.717, 1.165) is 6.07 Å². The Kier molecular flexibility index (Phi) is 4.53. The van der Waals surface area contributed by atoms with Crippen LogP contribution in [0, 0.1) is 0 Å². The molecule has 4 rings (SSSR count). The molecule has 5 nitrogen and oxygen atoms in total. The van der Waals surface area contributed by atoms with Gasteiger partial charge in [0, 0.05) is 42.9 Å². The van der Waals surface area contributed by atoms with Crippen molar-refractivity contribution in [1.82, 2.24) is 9.88 Å². The van der Waals surface area contributed by atoms with Crippen LogP contribution in [-0.2, 0) is 11.8 Å². The van der Waals surface area contributed by atoms with E-state index in [1.807, 2.05) is 6.07 Å². The number of benzene rings is 1. The molecule has 2 amide bonds. The number of piperidine rings is 1. The molecule has 2 bridgehead atoms. The number of amides is 2. The summed E-state index contributed by atoms with van der Waals surface area (Å²) in [7, 11) is 0. The number of nitrogens with zero attached hydrogens (tertiary/aromatic N) is 2. The number of rotatable bonds is 2. The zero-order valence-electron chi connectivity index (χ0n) is 15.0. The Balaban J connectivity index is 1.54. The predicted octanol–water partition coefficient (Wildman–Crippen LogP) is 4.15. The van der Waals surface area contributed by atoms with Crippen molar-refractivity contribution in [2.45, 2.75) is 49.5 Å². The number of halogens is 3. The minimum absolute atomic E-state index is 0.234. The van der Waals surface area contributed by atoms with E-state index in [0.29, 0.717) is 31.2 Å². The first kappa shape index (κ1) is 18.7. The SMILES string of the molecule is O=C(Nc1ccccc1C(F)(F)F)N1[C@@H]2CC[C@H]1CC(O)(c1cccnc1)C2. The number of carbonyl (C=O) groups excluding carboxylic acids is 1. The van der Waals surface area contributed by atoms with Gasteiger partial charge >= 0.3 is 12.2 Å². The van der Waals surface area contributed by atoms with Gasteiger partial charge in [0.1, 0.15) is 0 Å². The number of aliphatic hydroxyl groups is 1. The molecule has 1 unspecified atom stereocenters. The van der Waals surface area contributed by atoms with Gasteiger partial charge < -0.3 is 15.3 Å². The van der Waals surface area contributed by atoms with Gasteiger partial charge in [-0.1, -0.05) is 18.2 Å². The van der Waals surface area contributed by atoms with Gasteiger partial charge in [-0.2, -0.15) is 13.2 Å². The normalized spacial score (nSPS) is 26.9. The molecule has 1 aromatic carbocycles. The Morgan fingerprint density at radius 2 is 1.82 bits per heavy atom. The van der Waals surface area contributed by atoms with E-state index in [4.69, 9.17) is 0 Å². The molecule has 148 valence electrons. The highest BCUT2D eigenvalue weighted by atomic mass is 19.4. The number of hydrogen-bond acceptors (Lipinski definition) is 3. The maximum Gasteiger partial charge on any atom is 0.418 e. The zero-order chi connectivity index (χ0) is 19.9. The third kappa shape index (κ3) is 3.32. The first-order valence-electron chi connectivity index (χ1n) is 9.16. The van der Waals surface area contributed by atoms with E-state index in [-0.39, 0.29) is 17.8 Å². The van der Waals surface area contributed by atoms with E-state index in [1.54, 1.807) is 23.4 Å². The standard InChI is InChI=1S/C20H20F3N3O2/c21-20(22,23)16-5-1-2-6-17(16)25-18(27)26-14-7-8-15(26)11-19(28,10-14)13-4-3-9-24-12-13/h1-6,9,12,14-15,28H,7-8,10-11H2,(H,25,27)/t14-,15+,19?. The fourth-order valence-corrected chi connectivity index (χ4v) is 4.45. The van der Waals surface area contributed by atoms with Gasteiger partial charge in [0.15, 0.2) is 0 Å². The zero-order valence-corrected chi connectivity index (χ0v) is 15.0. The molecule has 0 radical (unpaired) electrons. The van der Waals surface area contributed by atoms with Crippen molar-refractivity contribution in [3.8, 4) is 0 Å². The summed E-state index contributed by atoms with van der Waals surface area (Å²) in [5.41, 5.74) is -1.51. The molecule has 0 saturated carbocycles. The second-order valence-electron chi connectivity index (χ2n) is 7.45. The summed E-state index contributed by atoms with van der Waals surface area (Å²) in [6.07, 6.45) is 0.790. The van der Waals surface area contributed by atoms with Crippen LogP contribution in [0.4, 0.5) is 23.7 Å². The van der Waals surface area contributed by atoms with Crippen LogP contribution >= 0.6 is 0 Å². The molecule has 28 heavy (non-hydrogen) atoms. The lowest BCUT2D eigenvalue weighted by Gasteiger charge is -2.43. The average molecular weight is 391 g/mol. The molecule has 2 aliphatic rings. The van der Waals surface area contributed by atoms with Gasteiger partial charge in [-0.25, -0.2) is 4.79 Å². The van der Waals surface area contributed by atoms with Crippen molar-refractivity contribution >= 4 is 11.7 Å². The molecule has 3 atom stereocenters. The Labute approximate surface area is 160 Å². The number of fused-ring (bicyclic) bond motifs is 2. The molecular formula is C20H20F3N3O2. The van der Waals surface area contributed by atoms with Gasteiger partial charge in [0.25, 0.3) is 0 Å². The third-order valence-electron chi connectivity index (χ3n) is 5.67.